The molecule has 0 saturated carbocycles. The van der Waals surface area contributed by atoms with Gasteiger partial charge in [-0.25, -0.2) is 4.57 Å². The molecule has 2 aromatic rings. The first kappa shape index (κ1) is 13.2. The Labute approximate surface area is 120 Å². The number of phenolic OH excluding ortho intramolecular Hbond substituents is 1. The first-order valence-corrected chi connectivity index (χ1v) is 7.44. The van der Waals surface area contributed by atoms with E-state index >= 15 is 0 Å². The predicted octanol–water partition coefficient (Wildman–Crippen LogP) is 3.28. The van der Waals surface area contributed by atoms with Gasteiger partial charge in [-0.3, -0.25) is 0 Å². The zero-order valence-corrected chi connectivity index (χ0v) is 12.3. The summed E-state index contributed by atoms with van der Waals surface area (Å²) in [7, 11) is 0. The van der Waals surface area contributed by atoms with Crippen molar-refractivity contribution in [2.45, 2.75) is 45.6 Å². The molecule has 2 heteroatoms. The van der Waals surface area contributed by atoms with Gasteiger partial charge < -0.3 is 5.11 Å². The normalized spacial score (nSPS) is 17.2. The van der Waals surface area contributed by atoms with Crippen LogP contribution in [0, 0.1) is 6.92 Å². The molecule has 104 valence electrons. The van der Waals surface area contributed by atoms with Gasteiger partial charge in [-0.1, -0.05) is 19.1 Å². The van der Waals surface area contributed by atoms with Gasteiger partial charge in [0.2, 0.25) is 0 Å². The lowest BCUT2D eigenvalue weighted by molar-refractivity contribution is -0.697. The van der Waals surface area contributed by atoms with Gasteiger partial charge in [0.05, 0.1) is 0 Å². The minimum Gasteiger partial charge on any atom is -0.508 e. The van der Waals surface area contributed by atoms with Crippen molar-refractivity contribution in [1.29, 1.82) is 0 Å². The summed E-state index contributed by atoms with van der Waals surface area (Å²) in [6, 6.07) is 7.52. The van der Waals surface area contributed by atoms with Gasteiger partial charge in [-0.2, -0.15) is 0 Å². The Balaban J connectivity index is 1.77. The largest absolute Gasteiger partial charge is 0.508 e. The lowest BCUT2D eigenvalue weighted by atomic mass is 10.0. The second-order valence-corrected chi connectivity index (χ2v) is 5.97. The van der Waals surface area contributed by atoms with Crippen LogP contribution in [0.4, 0.5) is 0 Å². The van der Waals surface area contributed by atoms with Crippen molar-refractivity contribution >= 4 is 0 Å². The number of aromatic nitrogens is 1. The van der Waals surface area contributed by atoms with Gasteiger partial charge in [0.15, 0.2) is 18.9 Å². The Kier molecular flexibility index (Phi) is 3.47. The monoisotopic (exact) mass is 268 g/mol. The molecular formula is C18H22NO+. The van der Waals surface area contributed by atoms with Gasteiger partial charge in [0, 0.05) is 17.5 Å². The van der Waals surface area contributed by atoms with Crippen molar-refractivity contribution in [2.75, 3.05) is 0 Å². The molecule has 1 N–H and O–H groups in total. The first-order valence-electron chi connectivity index (χ1n) is 7.44. The van der Waals surface area contributed by atoms with Crippen LogP contribution in [-0.4, -0.2) is 5.11 Å². The number of hydrogen-bond acceptors (Lipinski definition) is 1. The molecule has 0 radical (unpaired) electrons. The van der Waals surface area contributed by atoms with E-state index in [1.165, 1.54) is 29.5 Å². The van der Waals surface area contributed by atoms with Crippen LogP contribution in [0.25, 0.3) is 0 Å². The molecule has 1 aliphatic carbocycles. The summed E-state index contributed by atoms with van der Waals surface area (Å²) in [6.07, 6.45) is 8.13. The average Bonchev–Trinajstić information content (AvgIpc) is 2.81. The molecular weight excluding hydrogens is 246 g/mol. The number of fused-ring (bicyclic) bond motifs is 1. The van der Waals surface area contributed by atoms with Crippen LogP contribution < -0.4 is 4.57 Å². The molecule has 1 aromatic heterocycles. The molecule has 0 amide bonds. The highest BCUT2D eigenvalue weighted by atomic mass is 16.3. The number of aromatic hydroxyl groups is 1. The van der Waals surface area contributed by atoms with Crippen LogP contribution >= 0.6 is 0 Å². The van der Waals surface area contributed by atoms with E-state index in [1.807, 2.05) is 12.1 Å². The number of hydrogen-bond donors (Lipinski definition) is 1. The second kappa shape index (κ2) is 5.28. The third kappa shape index (κ3) is 2.55. The molecule has 0 unspecified atom stereocenters. The lowest BCUT2D eigenvalue weighted by Crippen LogP contribution is -2.35. The maximum absolute atomic E-state index is 9.31. The van der Waals surface area contributed by atoms with Crippen LogP contribution in [0.2, 0.25) is 0 Å². The molecule has 1 aromatic carbocycles. The minimum atomic E-state index is 0.337. The molecule has 0 aliphatic heterocycles. The van der Waals surface area contributed by atoms with E-state index in [2.05, 4.69) is 30.8 Å². The number of phenols is 1. The van der Waals surface area contributed by atoms with E-state index in [1.54, 1.807) is 17.7 Å². The highest BCUT2D eigenvalue weighted by Crippen LogP contribution is 2.33. The fourth-order valence-corrected chi connectivity index (χ4v) is 3.18. The Hall–Kier alpha value is -1.83. The highest BCUT2D eigenvalue weighted by molar-refractivity contribution is 5.35. The van der Waals surface area contributed by atoms with E-state index in [0.717, 1.165) is 13.0 Å². The van der Waals surface area contributed by atoms with E-state index in [4.69, 9.17) is 0 Å². The quantitative estimate of drug-likeness (QED) is 0.849. The molecule has 0 bridgehead atoms. The summed E-state index contributed by atoms with van der Waals surface area (Å²) < 4.78 is 2.32. The van der Waals surface area contributed by atoms with Gasteiger partial charge >= 0.3 is 0 Å². The predicted molar refractivity (Wildman–Crippen MR) is 79.9 cm³/mol. The average molecular weight is 268 g/mol. The zero-order valence-electron chi connectivity index (χ0n) is 12.3. The van der Waals surface area contributed by atoms with Crippen LogP contribution in [0.5, 0.6) is 5.75 Å². The Morgan fingerprint density at radius 1 is 1.20 bits per heavy atom. The summed E-state index contributed by atoms with van der Waals surface area (Å²) in [4.78, 5) is 0. The first-order chi connectivity index (χ1) is 9.63. The molecule has 2 nitrogen and oxygen atoms in total. The number of aryl methyl sites for hydroxylation is 3. The zero-order chi connectivity index (χ0) is 14.1. The summed E-state index contributed by atoms with van der Waals surface area (Å²) in [5.41, 5.74) is 5.80. The van der Waals surface area contributed by atoms with Gasteiger partial charge in [0.25, 0.3) is 0 Å². The Morgan fingerprint density at radius 3 is 2.70 bits per heavy atom. The molecule has 1 atom stereocenters. The van der Waals surface area contributed by atoms with E-state index in [-0.39, 0.29) is 0 Å². The lowest BCUT2D eigenvalue weighted by Gasteiger charge is -2.06. The topological polar surface area (TPSA) is 24.1 Å². The maximum atomic E-state index is 9.31. The molecule has 1 aliphatic rings. The summed E-state index contributed by atoms with van der Waals surface area (Å²) in [5.74, 6) is 1.04. The second-order valence-electron chi connectivity index (χ2n) is 5.97. The van der Waals surface area contributed by atoms with Crippen molar-refractivity contribution in [3.63, 3.8) is 0 Å². The SMILES string of the molecule is Cc1c[n+](CCc2ccc(O)cc2)cc2c1CC[C@H]2C. The fourth-order valence-electron chi connectivity index (χ4n) is 3.18. The van der Waals surface area contributed by atoms with Crippen molar-refractivity contribution in [3.05, 3.63) is 58.9 Å². The minimum absolute atomic E-state index is 0.337. The number of benzene rings is 1. The maximum Gasteiger partial charge on any atom is 0.172 e. The molecule has 0 spiro atoms. The Bertz CT molecular complexity index is 616. The van der Waals surface area contributed by atoms with Gasteiger partial charge in [-0.05, 0) is 48.9 Å². The van der Waals surface area contributed by atoms with Crippen LogP contribution in [0.3, 0.4) is 0 Å². The van der Waals surface area contributed by atoms with Crippen LogP contribution in [0.1, 0.15) is 41.5 Å². The summed E-state index contributed by atoms with van der Waals surface area (Å²) in [5, 5.41) is 9.31. The van der Waals surface area contributed by atoms with E-state index < -0.39 is 0 Å². The van der Waals surface area contributed by atoms with Crippen LogP contribution in [-0.2, 0) is 19.4 Å². The smallest absolute Gasteiger partial charge is 0.172 e. The molecule has 0 saturated heterocycles. The van der Waals surface area contributed by atoms with E-state index in [0.29, 0.717) is 11.7 Å². The fraction of sp³-hybridized carbons (Fsp3) is 0.389. The number of pyridine rings is 1. The summed E-state index contributed by atoms with van der Waals surface area (Å²) >= 11 is 0. The Morgan fingerprint density at radius 2 is 1.95 bits per heavy atom. The number of rotatable bonds is 3. The summed E-state index contributed by atoms with van der Waals surface area (Å²) in [6.45, 7) is 5.55. The molecule has 1 heterocycles. The number of nitrogens with zero attached hydrogens (tertiary/aromatic N) is 1. The van der Waals surface area contributed by atoms with E-state index in [9.17, 15) is 5.11 Å². The van der Waals surface area contributed by atoms with Gasteiger partial charge in [0.1, 0.15) is 5.75 Å². The molecule has 0 fully saturated rings. The van der Waals surface area contributed by atoms with Crippen molar-refractivity contribution < 1.29 is 9.67 Å². The molecule has 3 rings (SSSR count). The third-order valence-corrected chi connectivity index (χ3v) is 4.44. The molecule has 20 heavy (non-hydrogen) atoms. The van der Waals surface area contributed by atoms with Crippen LogP contribution in [0.15, 0.2) is 36.7 Å². The third-order valence-electron chi connectivity index (χ3n) is 4.44. The van der Waals surface area contributed by atoms with Gasteiger partial charge in [-0.15, -0.1) is 0 Å². The van der Waals surface area contributed by atoms with Crippen molar-refractivity contribution in [1.82, 2.24) is 0 Å². The van der Waals surface area contributed by atoms with Crippen molar-refractivity contribution in [2.24, 2.45) is 0 Å². The standard InChI is InChI=1S/C18H21NO/c1-13-3-8-17-14(2)11-19(12-18(13)17)10-9-15-4-6-16(20)7-5-15/h4-7,11-13H,3,8-10H2,1-2H3/p+1/t13-/m1/s1. The van der Waals surface area contributed by atoms with Crippen molar-refractivity contribution in [3.8, 4) is 5.75 Å². The highest BCUT2D eigenvalue weighted by Gasteiger charge is 2.24.